The van der Waals surface area contributed by atoms with E-state index in [0.717, 1.165) is 11.3 Å². The highest BCUT2D eigenvalue weighted by Gasteiger charge is 2.14. The van der Waals surface area contributed by atoms with Crippen LogP contribution in [0.3, 0.4) is 0 Å². The summed E-state index contributed by atoms with van der Waals surface area (Å²) in [6, 6.07) is 4.88. The number of hydrogen-bond acceptors (Lipinski definition) is 3. The monoisotopic (exact) mass is 241 g/mol. The van der Waals surface area contributed by atoms with Gasteiger partial charge in [0.25, 0.3) is 0 Å². The van der Waals surface area contributed by atoms with Gasteiger partial charge in [0.1, 0.15) is 0 Å². The van der Waals surface area contributed by atoms with Gasteiger partial charge in [-0.05, 0) is 38.1 Å². The molecule has 1 rings (SSSR count). The van der Waals surface area contributed by atoms with Crippen LogP contribution in [0.4, 0.5) is 0 Å². The largest absolute Gasteiger partial charge is 0.388 e. The summed E-state index contributed by atoms with van der Waals surface area (Å²) in [5.41, 5.74) is 0. The van der Waals surface area contributed by atoms with Crippen LogP contribution < -0.4 is 5.32 Å². The highest BCUT2D eigenvalue weighted by atomic mass is 32.1. The molecule has 3 heteroatoms. The van der Waals surface area contributed by atoms with Crippen molar-refractivity contribution in [3.8, 4) is 0 Å². The molecule has 16 heavy (non-hydrogen) atoms. The minimum atomic E-state index is -0.323. The van der Waals surface area contributed by atoms with Crippen molar-refractivity contribution in [2.45, 2.75) is 58.2 Å². The van der Waals surface area contributed by atoms with Crippen molar-refractivity contribution in [2.75, 3.05) is 0 Å². The Kier molecular flexibility index (Phi) is 6.03. The number of rotatable bonds is 7. The minimum Gasteiger partial charge on any atom is -0.388 e. The fourth-order valence-electron chi connectivity index (χ4n) is 2.00. The molecular formula is C13H23NOS. The summed E-state index contributed by atoms with van der Waals surface area (Å²) in [7, 11) is 0. The molecule has 0 saturated carbocycles. The van der Waals surface area contributed by atoms with Gasteiger partial charge in [0, 0.05) is 17.0 Å². The van der Waals surface area contributed by atoms with Crippen LogP contribution >= 0.6 is 11.3 Å². The van der Waals surface area contributed by atoms with Crippen LogP contribution in [0.1, 0.15) is 51.0 Å². The second-order valence-electron chi connectivity index (χ2n) is 4.52. The standard InChI is InChI=1S/C13H23NOS/c1-4-6-10(2)14-11(3)9-12(15)13-7-5-8-16-13/h5,7-8,10-12,14-15H,4,6,9H2,1-3H3. The lowest BCUT2D eigenvalue weighted by molar-refractivity contribution is 0.155. The summed E-state index contributed by atoms with van der Waals surface area (Å²) in [5.74, 6) is 0. The summed E-state index contributed by atoms with van der Waals surface area (Å²) < 4.78 is 0. The fraction of sp³-hybridized carbons (Fsp3) is 0.692. The van der Waals surface area contributed by atoms with Gasteiger partial charge in [-0.25, -0.2) is 0 Å². The first-order valence-electron chi connectivity index (χ1n) is 6.11. The first-order valence-corrected chi connectivity index (χ1v) is 6.99. The van der Waals surface area contributed by atoms with Crippen molar-refractivity contribution < 1.29 is 5.11 Å². The Morgan fingerprint density at radius 3 is 2.69 bits per heavy atom. The third-order valence-corrected chi connectivity index (χ3v) is 3.71. The van der Waals surface area contributed by atoms with Crippen molar-refractivity contribution in [1.82, 2.24) is 5.32 Å². The molecule has 2 N–H and O–H groups in total. The molecule has 1 aromatic rings. The summed E-state index contributed by atoms with van der Waals surface area (Å²) in [6.45, 7) is 6.55. The lowest BCUT2D eigenvalue weighted by atomic mass is 10.1. The number of nitrogens with one attached hydrogen (secondary N) is 1. The van der Waals surface area contributed by atoms with Gasteiger partial charge in [0.15, 0.2) is 0 Å². The number of aliphatic hydroxyl groups excluding tert-OH is 1. The molecule has 2 nitrogen and oxygen atoms in total. The van der Waals surface area contributed by atoms with E-state index in [2.05, 4.69) is 26.1 Å². The van der Waals surface area contributed by atoms with Crippen LogP contribution in [0, 0.1) is 0 Å². The lowest BCUT2D eigenvalue weighted by Crippen LogP contribution is -2.35. The van der Waals surface area contributed by atoms with Crippen LogP contribution in [-0.4, -0.2) is 17.2 Å². The number of hydrogen-bond donors (Lipinski definition) is 2. The van der Waals surface area contributed by atoms with Crippen molar-refractivity contribution >= 4 is 11.3 Å². The normalized spacial score (nSPS) is 17.0. The topological polar surface area (TPSA) is 32.3 Å². The summed E-state index contributed by atoms with van der Waals surface area (Å²) in [5, 5.41) is 15.5. The minimum absolute atomic E-state index is 0.323. The van der Waals surface area contributed by atoms with Crippen LogP contribution in [0.2, 0.25) is 0 Å². The van der Waals surface area contributed by atoms with E-state index in [4.69, 9.17) is 0 Å². The Balaban J connectivity index is 2.31. The maximum Gasteiger partial charge on any atom is 0.0896 e. The maximum atomic E-state index is 9.99. The molecule has 0 aliphatic rings. The smallest absolute Gasteiger partial charge is 0.0896 e. The van der Waals surface area contributed by atoms with Gasteiger partial charge in [-0.2, -0.15) is 0 Å². The quantitative estimate of drug-likeness (QED) is 0.767. The molecule has 0 aliphatic carbocycles. The third-order valence-electron chi connectivity index (χ3n) is 2.74. The molecule has 92 valence electrons. The van der Waals surface area contributed by atoms with Crippen LogP contribution in [-0.2, 0) is 0 Å². The molecule has 0 aromatic carbocycles. The second-order valence-corrected chi connectivity index (χ2v) is 5.50. The fourth-order valence-corrected chi connectivity index (χ4v) is 2.73. The predicted molar refractivity (Wildman–Crippen MR) is 70.9 cm³/mol. The van der Waals surface area contributed by atoms with E-state index in [0.29, 0.717) is 12.1 Å². The molecule has 3 atom stereocenters. The molecule has 0 saturated heterocycles. The van der Waals surface area contributed by atoms with E-state index in [1.54, 1.807) is 11.3 Å². The molecule has 0 bridgehead atoms. The second kappa shape index (κ2) is 7.05. The average Bonchev–Trinajstić information content (AvgIpc) is 2.69. The van der Waals surface area contributed by atoms with Gasteiger partial charge in [0.2, 0.25) is 0 Å². The first-order chi connectivity index (χ1) is 7.63. The highest BCUT2D eigenvalue weighted by Crippen LogP contribution is 2.22. The van der Waals surface area contributed by atoms with Crippen LogP contribution in [0.5, 0.6) is 0 Å². The van der Waals surface area contributed by atoms with Gasteiger partial charge in [-0.3, -0.25) is 0 Å². The summed E-state index contributed by atoms with van der Waals surface area (Å²) in [4.78, 5) is 1.07. The first kappa shape index (κ1) is 13.7. The van der Waals surface area contributed by atoms with Gasteiger partial charge in [0.05, 0.1) is 6.10 Å². The molecule has 1 aromatic heterocycles. The Morgan fingerprint density at radius 2 is 2.12 bits per heavy atom. The molecule has 1 heterocycles. The van der Waals surface area contributed by atoms with Crippen LogP contribution in [0.25, 0.3) is 0 Å². The van der Waals surface area contributed by atoms with Crippen molar-refractivity contribution in [1.29, 1.82) is 0 Å². The zero-order chi connectivity index (χ0) is 12.0. The van der Waals surface area contributed by atoms with Gasteiger partial charge < -0.3 is 10.4 Å². The SMILES string of the molecule is CCCC(C)NC(C)CC(O)c1cccs1. The Bertz CT molecular complexity index is 273. The highest BCUT2D eigenvalue weighted by molar-refractivity contribution is 7.10. The summed E-state index contributed by atoms with van der Waals surface area (Å²) >= 11 is 1.62. The lowest BCUT2D eigenvalue weighted by Gasteiger charge is -2.21. The Hall–Kier alpha value is -0.380. The zero-order valence-corrected chi connectivity index (χ0v) is 11.3. The molecule has 0 radical (unpaired) electrons. The van der Waals surface area contributed by atoms with Gasteiger partial charge in [-0.15, -0.1) is 11.3 Å². The Morgan fingerprint density at radius 1 is 1.38 bits per heavy atom. The van der Waals surface area contributed by atoms with E-state index in [9.17, 15) is 5.11 Å². The average molecular weight is 241 g/mol. The molecule has 0 fully saturated rings. The van der Waals surface area contributed by atoms with E-state index < -0.39 is 0 Å². The van der Waals surface area contributed by atoms with Gasteiger partial charge in [-0.1, -0.05) is 19.4 Å². The third kappa shape index (κ3) is 4.64. The number of aliphatic hydroxyl groups is 1. The van der Waals surface area contributed by atoms with Crippen molar-refractivity contribution in [3.05, 3.63) is 22.4 Å². The molecule has 3 unspecified atom stereocenters. The zero-order valence-electron chi connectivity index (χ0n) is 10.4. The van der Waals surface area contributed by atoms with Crippen molar-refractivity contribution in [3.63, 3.8) is 0 Å². The van der Waals surface area contributed by atoms with E-state index >= 15 is 0 Å². The van der Waals surface area contributed by atoms with Crippen molar-refractivity contribution in [2.24, 2.45) is 0 Å². The maximum absolute atomic E-state index is 9.99. The molecule has 0 amide bonds. The molecular weight excluding hydrogens is 218 g/mol. The summed E-state index contributed by atoms with van der Waals surface area (Å²) in [6.07, 6.45) is 2.86. The molecule has 0 spiro atoms. The number of thiophene rings is 1. The van der Waals surface area contributed by atoms with Gasteiger partial charge >= 0.3 is 0 Å². The van der Waals surface area contributed by atoms with E-state index in [-0.39, 0.29) is 6.10 Å². The predicted octanol–water partition coefficient (Wildman–Crippen LogP) is 3.34. The molecule has 0 aliphatic heterocycles. The van der Waals surface area contributed by atoms with Crippen LogP contribution in [0.15, 0.2) is 17.5 Å². The van der Waals surface area contributed by atoms with E-state index in [1.165, 1.54) is 12.8 Å². The Labute approximate surface area is 103 Å². The van der Waals surface area contributed by atoms with E-state index in [1.807, 2.05) is 17.5 Å².